The molecule has 2 aromatic carbocycles. The number of para-hydroxylation sites is 1. The molecule has 0 atom stereocenters. The molecule has 0 radical (unpaired) electrons. The number of amides is 1. The minimum Gasteiger partial charge on any atom is -0.618 e. The summed E-state index contributed by atoms with van der Waals surface area (Å²) in [5.41, 5.74) is 4.44. The maximum atomic E-state index is 13.7. The number of pyridine rings is 1. The van der Waals surface area contributed by atoms with Crippen molar-refractivity contribution in [3.8, 4) is 22.8 Å². The summed E-state index contributed by atoms with van der Waals surface area (Å²) < 4.78 is 12.0. The molecular formula is C27H32N2O4. The Morgan fingerprint density at radius 2 is 1.67 bits per heavy atom. The van der Waals surface area contributed by atoms with Crippen LogP contribution < -0.4 is 19.5 Å². The van der Waals surface area contributed by atoms with Gasteiger partial charge in [-0.05, 0) is 54.7 Å². The molecular weight excluding hydrogens is 416 g/mol. The number of rotatable bonds is 9. The first-order chi connectivity index (χ1) is 15.9. The molecule has 1 amide bonds. The molecule has 0 spiro atoms. The fraction of sp³-hybridized carbons (Fsp3) is 0.333. The minimum atomic E-state index is -0.368. The van der Waals surface area contributed by atoms with Crippen molar-refractivity contribution in [3.63, 3.8) is 0 Å². The normalized spacial score (nSPS) is 10.7. The number of carbonyl (C=O) groups excluding carboxylic acids is 1. The monoisotopic (exact) mass is 448 g/mol. The van der Waals surface area contributed by atoms with E-state index < -0.39 is 0 Å². The van der Waals surface area contributed by atoms with Gasteiger partial charge in [-0.15, -0.1) is 0 Å². The standard InChI is InChI=1S/C27H32N2O4/c1-6-16-33-23-17-18(4)29(31)26(21-12-14-22(32-5)15-13-21)24(23)27(30)28-25-19(7-2)10-9-11-20(25)8-3/h9-15,17H,6-8,16H2,1-5H3,(H,28,30). The maximum Gasteiger partial charge on any atom is 0.266 e. The lowest BCUT2D eigenvalue weighted by molar-refractivity contribution is -0.600. The number of aromatic nitrogens is 1. The Morgan fingerprint density at radius 3 is 2.21 bits per heavy atom. The van der Waals surface area contributed by atoms with Crippen LogP contribution in [0.3, 0.4) is 0 Å². The van der Waals surface area contributed by atoms with Gasteiger partial charge in [0, 0.05) is 24.2 Å². The van der Waals surface area contributed by atoms with Crippen molar-refractivity contribution in [2.24, 2.45) is 0 Å². The molecule has 33 heavy (non-hydrogen) atoms. The lowest BCUT2D eigenvalue weighted by Gasteiger charge is -2.19. The van der Waals surface area contributed by atoms with Gasteiger partial charge >= 0.3 is 0 Å². The van der Waals surface area contributed by atoms with Crippen LogP contribution in [0.4, 0.5) is 5.69 Å². The van der Waals surface area contributed by atoms with Crippen LogP contribution in [0.2, 0.25) is 0 Å². The summed E-state index contributed by atoms with van der Waals surface area (Å²) >= 11 is 0. The van der Waals surface area contributed by atoms with Crippen LogP contribution in [0.25, 0.3) is 11.3 Å². The Balaban J connectivity index is 2.20. The Morgan fingerprint density at radius 1 is 1.03 bits per heavy atom. The molecule has 6 heteroatoms. The second-order valence-corrected chi connectivity index (χ2v) is 7.86. The molecule has 174 valence electrons. The predicted octanol–water partition coefficient (Wildman–Crippen LogP) is 5.47. The molecule has 1 N–H and O–H groups in total. The molecule has 0 unspecified atom stereocenters. The van der Waals surface area contributed by atoms with E-state index in [-0.39, 0.29) is 17.2 Å². The Hall–Kier alpha value is -3.54. The number of benzene rings is 2. The molecule has 1 aromatic heterocycles. The van der Waals surface area contributed by atoms with Crippen molar-refractivity contribution in [2.45, 2.75) is 47.0 Å². The molecule has 0 aliphatic carbocycles. The van der Waals surface area contributed by atoms with Crippen LogP contribution in [0.1, 0.15) is 54.4 Å². The third-order valence-electron chi connectivity index (χ3n) is 5.64. The van der Waals surface area contributed by atoms with Gasteiger partial charge in [-0.2, -0.15) is 4.73 Å². The highest BCUT2D eigenvalue weighted by molar-refractivity contribution is 6.10. The highest BCUT2D eigenvalue weighted by atomic mass is 16.5. The van der Waals surface area contributed by atoms with Gasteiger partial charge in [0.25, 0.3) is 5.91 Å². The first-order valence-corrected chi connectivity index (χ1v) is 11.4. The summed E-state index contributed by atoms with van der Waals surface area (Å²) in [6.07, 6.45) is 2.34. The number of hydrogen-bond donors (Lipinski definition) is 1. The van der Waals surface area contributed by atoms with Gasteiger partial charge in [0.2, 0.25) is 5.69 Å². The van der Waals surface area contributed by atoms with Crippen LogP contribution in [0.15, 0.2) is 48.5 Å². The maximum absolute atomic E-state index is 13.7. The van der Waals surface area contributed by atoms with E-state index in [1.165, 1.54) is 0 Å². The van der Waals surface area contributed by atoms with Crippen LogP contribution in [-0.2, 0) is 12.8 Å². The molecule has 6 nitrogen and oxygen atoms in total. The minimum absolute atomic E-state index is 0.224. The predicted molar refractivity (Wildman–Crippen MR) is 131 cm³/mol. The lowest BCUT2D eigenvalue weighted by Crippen LogP contribution is -2.36. The zero-order valence-electron chi connectivity index (χ0n) is 20.0. The molecule has 0 aliphatic rings. The van der Waals surface area contributed by atoms with Crippen LogP contribution in [0.5, 0.6) is 11.5 Å². The Bertz CT molecular complexity index is 1100. The zero-order valence-corrected chi connectivity index (χ0v) is 20.0. The molecule has 0 fully saturated rings. The van der Waals surface area contributed by atoms with Crippen molar-refractivity contribution in [1.29, 1.82) is 0 Å². The fourth-order valence-corrected chi connectivity index (χ4v) is 3.85. The molecule has 0 saturated heterocycles. The topological polar surface area (TPSA) is 74.5 Å². The van der Waals surface area contributed by atoms with Crippen molar-refractivity contribution >= 4 is 11.6 Å². The van der Waals surface area contributed by atoms with E-state index in [9.17, 15) is 10.0 Å². The number of aryl methyl sites for hydroxylation is 3. The van der Waals surface area contributed by atoms with Gasteiger partial charge < -0.3 is 20.0 Å². The number of nitrogens with zero attached hydrogens (tertiary/aromatic N) is 1. The summed E-state index contributed by atoms with van der Waals surface area (Å²) in [5.74, 6) is 0.700. The van der Waals surface area contributed by atoms with Gasteiger partial charge in [0.1, 0.15) is 11.5 Å². The summed E-state index contributed by atoms with van der Waals surface area (Å²) in [6.45, 7) is 8.26. The number of nitrogens with one attached hydrogen (secondary N) is 1. The third kappa shape index (κ3) is 5.11. The van der Waals surface area contributed by atoms with Gasteiger partial charge in [0.05, 0.1) is 13.7 Å². The Kier molecular flexibility index (Phi) is 7.93. The van der Waals surface area contributed by atoms with E-state index >= 15 is 0 Å². The highest BCUT2D eigenvalue weighted by Crippen LogP contribution is 2.32. The molecule has 0 saturated carbocycles. The summed E-state index contributed by atoms with van der Waals surface area (Å²) in [5, 5.41) is 16.3. The number of methoxy groups -OCH3 is 1. The van der Waals surface area contributed by atoms with E-state index in [0.29, 0.717) is 29.4 Å². The van der Waals surface area contributed by atoms with E-state index in [4.69, 9.17) is 9.47 Å². The van der Waals surface area contributed by atoms with E-state index in [2.05, 4.69) is 19.2 Å². The van der Waals surface area contributed by atoms with Crippen LogP contribution >= 0.6 is 0 Å². The number of carbonyl (C=O) groups is 1. The molecule has 1 heterocycles. The molecule has 0 aliphatic heterocycles. The lowest BCUT2D eigenvalue weighted by atomic mass is 10.0. The van der Waals surface area contributed by atoms with Crippen molar-refractivity contribution in [3.05, 3.63) is 76.1 Å². The number of hydrogen-bond acceptors (Lipinski definition) is 4. The highest BCUT2D eigenvalue weighted by Gasteiger charge is 2.29. The molecule has 3 rings (SSSR count). The number of ether oxygens (including phenoxy) is 2. The van der Waals surface area contributed by atoms with Crippen molar-refractivity contribution < 1.29 is 19.0 Å². The van der Waals surface area contributed by atoms with Gasteiger partial charge in [-0.25, -0.2) is 0 Å². The summed E-state index contributed by atoms with van der Waals surface area (Å²) in [4.78, 5) is 13.7. The van der Waals surface area contributed by atoms with Crippen molar-refractivity contribution in [2.75, 3.05) is 19.0 Å². The smallest absolute Gasteiger partial charge is 0.266 e. The van der Waals surface area contributed by atoms with E-state index in [1.54, 1.807) is 44.4 Å². The van der Waals surface area contributed by atoms with E-state index in [0.717, 1.165) is 40.8 Å². The van der Waals surface area contributed by atoms with Gasteiger partial charge in [0.15, 0.2) is 11.3 Å². The third-order valence-corrected chi connectivity index (χ3v) is 5.64. The second kappa shape index (κ2) is 10.9. The van der Waals surface area contributed by atoms with Crippen LogP contribution in [-0.4, -0.2) is 19.6 Å². The Labute approximate surface area is 195 Å². The average molecular weight is 449 g/mol. The second-order valence-electron chi connectivity index (χ2n) is 7.86. The van der Waals surface area contributed by atoms with E-state index in [1.807, 2.05) is 25.1 Å². The largest absolute Gasteiger partial charge is 0.618 e. The first-order valence-electron chi connectivity index (χ1n) is 11.4. The first kappa shape index (κ1) is 24.1. The van der Waals surface area contributed by atoms with Crippen molar-refractivity contribution in [1.82, 2.24) is 0 Å². The summed E-state index contributed by atoms with van der Waals surface area (Å²) in [7, 11) is 1.58. The van der Waals surface area contributed by atoms with Crippen LogP contribution in [0, 0.1) is 12.1 Å². The average Bonchev–Trinajstić information content (AvgIpc) is 2.84. The zero-order chi connectivity index (χ0) is 24.0. The number of anilines is 1. The SMILES string of the molecule is CCCOc1cc(C)[n+]([O-])c(-c2ccc(OC)cc2)c1C(=O)Nc1c(CC)cccc1CC. The molecule has 0 bridgehead atoms. The quantitative estimate of drug-likeness (QED) is 0.348. The van der Waals surface area contributed by atoms with Gasteiger partial charge in [-0.3, -0.25) is 4.79 Å². The van der Waals surface area contributed by atoms with Gasteiger partial charge in [-0.1, -0.05) is 39.0 Å². The fourth-order valence-electron chi connectivity index (χ4n) is 3.85. The molecule has 3 aromatic rings. The summed E-state index contributed by atoms with van der Waals surface area (Å²) in [6, 6.07) is 14.8.